The van der Waals surface area contributed by atoms with Gasteiger partial charge in [-0.25, -0.2) is 5.43 Å². The molecule has 0 spiro atoms. The van der Waals surface area contributed by atoms with E-state index in [4.69, 9.17) is 16.3 Å². The Bertz CT molecular complexity index is 1010. The number of ether oxygens (including phenoxy) is 1. The van der Waals surface area contributed by atoms with E-state index in [2.05, 4.69) is 20.4 Å². The molecule has 0 aliphatic heterocycles. The molecule has 150 valence electrons. The SMILES string of the molecule is COc1ccc(-n2c(C)cc(/C=N\NC(=O)CNc3ccc(Cl)cc3)c2C)cc1. The molecule has 7 heteroatoms. The van der Waals surface area contributed by atoms with Crippen molar-refractivity contribution >= 4 is 29.4 Å². The van der Waals surface area contributed by atoms with Crippen LogP contribution in [0.3, 0.4) is 0 Å². The van der Waals surface area contributed by atoms with E-state index < -0.39 is 0 Å². The van der Waals surface area contributed by atoms with Crippen LogP contribution in [0.5, 0.6) is 5.75 Å². The number of methoxy groups -OCH3 is 1. The standard InChI is InChI=1S/C22H23ClN4O2/c1-15-12-17(16(2)27(15)20-8-10-21(29-3)11-9-20)13-25-26-22(28)14-24-19-6-4-18(23)5-7-19/h4-13,24H,14H2,1-3H3,(H,26,28)/b25-13-. The number of aryl methyl sites for hydroxylation is 1. The Labute approximate surface area is 175 Å². The average Bonchev–Trinajstić information content (AvgIpc) is 3.01. The summed E-state index contributed by atoms with van der Waals surface area (Å²) in [5.41, 5.74) is 7.44. The van der Waals surface area contributed by atoms with Crippen LogP contribution in [-0.4, -0.2) is 30.3 Å². The van der Waals surface area contributed by atoms with E-state index in [9.17, 15) is 4.79 Å². The smallest absolute Gasteiger partial charge is 0.259 e. The maximum Gasteiger partial charge on any atom is 0.259 e. The molecule has 2 N–H and O–H groups in total. The lowest BCUT2D eigenvalue weighted by Gasteiger charge is -2.10. The van der Waals surface area contributed by atoms with Crippen LogP contribution in [0.15, 0.2) is 59.7 Å². The molecule has 3 rings (SSSR count). The van der Waals surface area contributed by atoms with Gasteiger partial charge in [-0.15, -0.1) is 0 Å². The number of nitrogens with zero attached hydrogens (tertiary/aromatic N) is 2. The lowest BCUT2D eigenvalue weighted by atomic mass is 10.2. The maximum atomic E-state index is 12.0. The van der Waals surface area contributed by atoms with Crippen LogP contribution in [-0.2, 0) is 4.79 Å². The number of hydrogen-bond donors (Lipinski definition) is 2. The number of rotatable bonds is 7. The molecule has 0 radical (unpaired) electrons. The van der Waals surface area contributed by atoms with E-state index in [-0.39, 0.29) is 12.5 Å². The van der Waals surface area contributed by atoms with Crippen LogP contribution in [0.4, 0.5) is 5.69 Å². The third kappa shape index (κ3) is 5.18. The van der Waals surface area contributed by atoms with E-state index in [1.54, 1.807) is 25.5 Å². The molecule has 0 fully saturated rings. The number of hydrogen-bond acceptors (Lipinski definition) is 4. The minimum absolute atomic E-state index is 0.115. The highest BCUT2D eigenvalue weighted by atomic mass is 35.5. The Morgan fingerprint density at radius 1 is 1.14 bits per heavy atom. The number of carbonyl (C=O) groups excluding carboxylic acids is 1. The predicted octanol–water partition coefficient (Wildman–Crippen LogP) is 4.32. The fourth-order valence-electron chi connectivity index (χ4n) is 3.01. The van der Waals surface area contributed by atoms with Gasteiger partial charge >= 0.3 is 0 Å². The second kappa shape index (κ2) is 9.30. The van der Waals surface area contributed by atoms with Gasteiger partial charge in [-0.2, -0.15) is 5.10 Å². The zero-order valence-corrected chi connectivity index (χ0v) is 17.3. The molecule has 0 bridgehead atoms. The van der Waals surface area contributed by atoms with Crippen molar-refractivity contribution in [2.45, 2.75) is 13.8 Å². The molecule has 2 aromatic carbocycles. The topological polar surface area (TPSA) is 67.6 Å². The van der Waals surface area contributed by atoms with E-state index in [0.29, 0.717) is 5.02 Å². The van der Waals surface area contributed by atoms with Gasteiger partial charge in [0.15, 0.2) is 0 Å². The molecule has 0 saturated carbocycles. The highest BCUT2D eigenvalue weighted by molar-refractivity contribution is 6.30. The normalized spacial score (nSPS) is 10.9. The summed E-state index contributed by atoms with van der Waals surface area (Å²) in [6.07, 6.45) is 1.66. The molecule has 6 nitrogen and oxygen atoms in total. The molecular formula is C22H23ClN4O2. The number of carbonyl (C=O) groups is 1. The number of nitrogens with one attached hydrogen (secondary N) is 2. The molecule has 1 heterocycles. The summed E-state index contributed by atoms with van der Waals surface area (Å²) in [4.78, 5) is 12.0. The van der Waals surface area contributed by atoms with Gasteiger partial charge in [-0.3, -0.25) is 4.79 Å². The Balaban J connectivity index is 1.61. The highest BCUT2D eigenvalue weighted by Gasteiger charge is 2.09. The highest BCUT2D eigenvalue weighted by Crippen LogP contribution is 2.22. The van der Waals surface area contributed by atoms with Gasteiger partial charge in [0.1, 0.15) is 5.75 Å². The van der Waals surface area contributed by atoms with Crippen molar-refractivity contribution in [1.29, 1.82) is 0 Å². The Morgan fingerprint density at radius 3 is 2.48 bits per heavy atom. The number of hydrazone groups is 1. The molecular weight excluding hydrogens is 388 g/mol. The monoisotopic (exact) mass is 410 g/mol. The minimum Gasteiger partial charge on any atom is -0.497 e. The largest absolute Gasteiger partial charge is 0.497 e. The van der Waals surface area contributed by atoms with Crippen LogP contribution in [0.2, 0.25) is 5.02 Å². The van der Waals surface area contributed by atoms with Crippen LogP contribution in [0.1, 0.15) is 17.0 Å². The summed E-state index contributed by atoms with van der Waals surface area (Å²) < 4.78 is 7.35. The Morgan fingerprint density at radius 2 is 1.83 bits per heavy atom. The molecule has 0 aliphatic carbocycles. The lowest BCUT2D eigenvalue weighted by Crippen LogP contribution is -2.25. The molecule has 0 atom stereocenters. The summed E-state index contributed by atoms with van der Waals surface area (Å²) in [7, 11) is 1.65. The van der Waals surface area contributed by atoms with Gasteiger partial charge < -0.3 is 14.6 Å². The Kier molecular flexibility index (Phi) is 6.57. The van der Waals surface area contributed by atoms with E-state index >= 15 is 0 Å². The van der Waals surface area contributed by atoms with E-state index in [1.807, 2.05) is 56.3 Å². The summed E-state index contributed by atoms with van der Waals surface area (Å²) in [6, 6.07) is 17.0. The van der Waals surface area contributed by atoms with Gasteiger partial charge in [0, 0.05) is 33.3 Å². The lowest BCUT2D eigenvalue weighted by molar-refractivity contribution is -0.119. The fraction of sp³-hybridized carbons (Fsp3) is 0.182. The number of anilines is 1. The van der Waals surface area contributed by atoms with Crippen LogP contribution in [0, 0.1) is 13.8 Å². The predicted molar refractivity (Wildman–Crippen MR) is 117 cm³/mol. The summed E-state index contributed by atoms with van der Waals surface area (Å²) >= 11 is 5.85. The molecule has 3 aromatic rings. The van der Waals surface area contributed by atoms with Gasteiger partial charge in [0.2, 0.25) is 0 Å². The third-order valence-corrected chi connectivity index (χ3v) is 4.74. The number of benzene rings is 2. The van der Waals surface area contributed by atoms with Gasteiger partial charge in [-0.1, -0.05) is 11.6 Å². The van der Waals surface area contributed by atoms with Crippen LogP contribution in [0.25, 0.3) is 5.69 Å². The van der Waals surface area contributed by atoms with Crippen molar-refractivity contribution in [1.82, 2.24) is 9.99 Å². The minimum atomic E-state index is -0.236. The first-order valence-electron chi connectivity index (χ1n) is 9.12. The Hall–Kier alpha value is -3.25. The van der Waals surface area contributed by atoms with E-state index in [0.717, 1.165) is 34.1 Å². The first-order valence-corrected chi connectivity index (χ1v) is 9.50. The zero-order chi connectivity index (χ0) is 20.8. The van der Waals surface area contributed by atoms with Gasteiger partial charge in [-0.05, 0) is 68.4 Å². The van der Waals surface area contributed by atoms with Crippen molar-refractivity contribution in [2.75, 3.05) is 19.0 Å². The third-order valence-electron chi connectivity index (χ3n) is 4.49. The number of amides is 1. The van der Waals surface area contributed by atoms with Crippen LogP contribution < -0.4 is 15.5 Å². The van der Waals surface area contributed by atoms with Crippen LogP contribution >= 0.6 is 11.6 Å². The maximum absolute atomic E-state index is 12.0. The first kappa shape index (κ1) is 20.5. The molecule has 1 aromatic heterocycles. The second-order valence-corrected chi connectivity index (χ2v) is 6.95. The molecule has 0 aliphatic rings. The molecule has 1 amide bonds. The molecule has 0 unspecified atom stereocenters. The summed E-state index contributed by atoms with van der Waals surface area (Å²) in [5, 5.41) is 7.75. The van der Waals surface area contributed by atoms with E-state index in [1.165, 1.54) is 0 Å². The first-order chi connectivity index (χ1) is 14.0. The van der Waals surface area contributed by atoms with Crippen molar-refractivity contribution in [3.63, 3.8) is 0 Å². The van der Waals surface area contributed by atoms with Crippen molar-refractivity contribution in [3.05, 3.63) is 76.6 Å². The number of halogens is 1. The molecule has 29 heavy (non-hydrogen) atoms. The van der Waals surface area contributed by atoms with Crippen molar-refractivity contribution in [3.8, 4) is 11.4 Å². The average molecular weight is 411 g/mol. The zero-order valence-electron chi connectivity index (χ0n) is 16.6. The van der Waals surface area contributed by atoms with Crippen molar-refractivity contribution in [2.24, 2.45) is 5.10 Å². The summed E-state index contributed by atoms with van der Waals surface area (Å²) in [6.45, 7) is 4.16. The molecule has 0 saturated heterocycles. The van der Waals surface area contributed by atoms with Crippen molar-refractivity contribution < 1.29 is 9.53 Å². The second-order valence-electron chi connectivity index (χ2n) is 6.51. The van der Waals surface area contributed by atoms with Gasteiger partial charge in [0.25, 0.3) is 5.91 Å². The quantitative estimate of drug-likeness (QED) is 0.450. The number of aromatic nitrogens is 1. The van der Waals surface area contributed by atoms with Gasteiger partial charge in [0.05, 0.1) is 19.9 Å². The fourth-order valence-corrected chi connectivity index (χ4v) is 3.14. The summed E-state index contributed by atoms with van der Waals surface area (Å²) in [5.74, 6) is 0.577.